The van der Waals surface area contributed by atoms with E-state index in [1.54, 1.807) is 12.4 Å². The molecule has 4 rings (SSSR count). The second kappa shape index (κ2) is 8.86. The first kappa shape index (κ1) is 18.5. The molecule has 2 aromatic heterocycles. The van der Waals surface area contributed by atoms with Gasteiger partial charge in [-0.25, -0.2) is 15.0 Å². The Labute approximate surface area is 166 Å². The predicted molar refractivity (Wildman–Crippen MR) is 112 cm³/mol. The SMILES string of the molecule is CN=C(NCc1ccnc(N2CCCC2)c1)N1CCN(c2ncccn2)CC1. The molecule has 28 heavy (non-hydrogen) atoms. The van der Waals surface area contributed by atoms with E-state index in [2.05, 4.69) is 52.1 Å². The van der Waals surface area contributed by atoms with E-state index in [9.17, 15) is 0 Å². The van der Waals surface area contributed by atoms with Crippen molar-refractivity contribution in [2.75, 3.05) is 56.1 Å². The lowest BCUT2D eigenvalue weighted by molar-refractivity contribution is 0.370. The molecule has 1 N–H and O–H groups in total. The highest BCUT2D eigenvalue weighted by molar-refractivity contribution is 5.80. The highest BCUT2D eigenvalue weighted by Gasteiger charge is 2.21. The van der Waals surface area contributed by atoms with Crippen LogP contribution in [0.5, 0.6) is 0 Å². The maximum absolute atomic E-state index is 4.54. The van der Waals surface area contributed by atoms with Crippen LogP contribution in [0.15, 0.2) is 41.8 Å². The summed E-state index contributed by atoms with van der Waals surface area (Å²) < 4.78 is 0. The van der Waals surface area contributed by atoms with Gasteiger partial charge in [-0.1, -0.05) is 0 Å². The summed E-state index contributed by atoms with van der Waals surface area (Å²) >= 11 is 0. The number of anilines is 2. The van der Waals surface area contributed by atoms with Gasteiger partial charge in [0.25, 0.3) is 0 Å². The highest BCUT2D eigenvalue weighted by atomic mass is 15.4. The van der Waals surface area contributed by atoms with E-state index < -0.39 is 0 Å². The molecule has 4 heterocycles. The van der Waals surface area contributed by atoms with Crippen LogP contribution in [0, 0.1) is 0 Å². The molecular weight excluding hydrogens is 352 g/mol. The van der Waals surface area contributed by atoms with Gasteiger partial charge in [0.2, 0.25) is 5.95 Å². The Hall–Kier alpha value is -2.90. The van der Waals surface area contributed by atoms with Crippen molar-refractivity contribution < 1.29 is 0 Å². The van der Waals surface area contributed by atoms with Crippen LogP contribution in [0.1, 0.15) is 18.4 Å². The third-order valence-corrected chi connectivity index (χ3v) is 5.32. The van der Waals surface area contributed by atoms with E-state index in [0.29, 0.717) is 0 Å². The molecule has 148 valence electrons. The maximum atomic E-state index is 4.54. The topological polar surface area (TPSA) is 72.8 Å². The minimum absolute atomic E-state index is 0.748. The van der Waals surface area contributed by atoms with E-state index >= 15 is 0 Å². The van der Waals surface area contributed by atoms with Gasteiger partial charge < -0.3 is 20.0 Å². The number of nitrogens with one attached hydrogen (secondary N) is 1. The highest BCUT2D eigenvalue weighted by Crippen LogP contribution is 2.18. The lowest BCUT2D eigenvalue weighted by Crippen LogP contribution is -2.52. The summed E-state index contributed by atoms with van der Waals surface area (Å²) in [6, 6.07) is 6.11. The van der Waals surface area contributed by atoms with Gasteiger partial charge >= 0.3 is 0 Å². The van der Waals surface area contributed by atoms with Gasteiger partial charge in [0.15, 0.2) is 5.96 Å². The van der Waals surface area contributed by atoms with Crippen molar-refractivity contribution in [2.24, 2.45) is 4.99 Å². The van der Waals surface area contributed by atoms with E-state index in [1.807, 2.05) is 19.3 Å². The predicted octanol–water partition coefficient (Wildman–Crippen LogP) is 1.37. The number of guanidine groups is 1. The van der Waals surface area contributed by atoms with Crippen molar-refractivity contribution in [1.29, 1.82) is 0 Å². The van der Waals surface area contributed by atoms with Crippen molar-refractivity contribution in [2.45, 2.75) is 19.4 Å². The van der Waals surface area contributed by atoms with Crippen LogP contribution < -0.4 is 15.1 Å². The summed E-state index contributed by atoms with van der Waals surface area (Å²) in [5, 5.41) is 3.51. The van der Waals surface area contributed by atoms with Crippen molar-refractivity contribution in [1.82, 2.24) is 25.2 Å². The Balaban J connectivity index is 1.31. The third kappa shape index (κ3) is 4.32. The largest absolute Gasteiger partial charge is 0.357 e. The van der Waals surface area contributed by atoms with Crippen molar-refractivity contribution in [3.05, 3.63) is 42.4 Å². The smallest absolute Gasteiger partial charge is 0.225 e. The molecular formula is C20H28N8. The second-order valence-corrected chi connectivity index (χ2v) is 7.14. The fourth-order valence-corrected chi connectivity index (χ4v) is 3.78. The molecule has 2 aromatic rings. The summed E-state index contributed by atoms with van der Waals surface area (Å²) in [7, 11) is 1.84. The Morgan fingerprint density at radius 1 is 0.964 bits per heavy atom. The Morgan fingerprint density at radius 3 is 2.43 bits per heavy atom. The van der Waals surface area contributed by atoms with Crippen LogP contribution in [0.2, 0.25) is 0 Å². The van der Waals surface area contributed by atoms with Crippen LogP contribution in [-0.4, -0.2) is 72.1 Å². The number of hydrogen-bond acceptors (Lipinski definition) is 6. The Kier molecular flexibility index (Phi) is 5.84. The molecule has 8 nitrogen and oxygen atoms in total. The molecule has 2 aliphatic rings. The van der Waals surface area contributed by atoms with Crippen molar-refractivity contribution in [3.8, 4) is 0 Å². The quantitative estimate of drug-likeness (QED) is 0.634. The molecule has 0 spiro atoms. The number of aromatic nitrogens is 3. The summed E-state index contributed by atoms with van der Waals surface area (Å²) in [5.41, 5.74) is 1.23. The van der Waals surface area contributed by atoms with E-state index in [0.717, 1.165) is 63.5 Å². The molecule has 0 amide bonds. The minimum Gasteiger partial charge on any atom is -0.357 e. The lowest BCUT2D eigenvalue weighted by Gasteiger charge is -2.36. The number of hydrogen-bond donors (Lipinski definition) is 1. The summed E-state index contributed by atoms with van der Waals surface area (Å²) in [6.45, 7) is 6.54. The molecule has 0 radical (unpaired) electrons. The average molecular weight is 381 g/mol. The number of nitrogens with zero attached hydrogens (tertiary/aromatic N) is 7. The van der Waals surface area contributed by atoms with E-state index in [-0.39, 0.29) is 0 Å². The molecule has 0 aromatic carbocycles. The number of piperazine rings is 1. The van der Waals surface area contributed by atoms with Gasteiger partial charge in [-0.15, -0.1) is 0 Å². The van der Waals surface area contributed by atoms with Crippen LogP contribution in [0.3, 0.4) is 0 Å². The summed E-state index contributed by atoms with van der Waals surface area (Å²) in [5.74, 6) is 2.83. The van der Waals surface area contributed by atoms with Gasteiger partial charge in [0.1, 0.15) is 5.82 Å². The van der Waals surface area contributed by atoms with Crippen molar-refractivity contribution >= 4 is 17.7 Å². The van der Waals surface area contributed by atoms with Gasteiger partial charge in [0.05, 0.1) is 0 Å². The van der Waals surface area contributed by atoms with Gasteiger partial charge in [-0.2, -0.15) is 0 Å². The minimum atomic E-state index is 0.748. The lowest BCUT2D eigenvalue weighted by atomic mass is 10.2. The first-order chi connectivity index (χ1) is 13.8. The summed E-state index contributed by atoms with van der Waals surface area (Å²) in [4.78, 5) is 24.6. The molecule has 0 aliphatic carbocycles. The fraction of sp³-hybridized carbons (Fsp3) is 0.500. The fourth-order valence-electron chi connectivity index (χ4n) is 3.78. The molecule has 0 unspecified atom stereocenters. The van der Waals surface area contributed by atoms with Gasteiger partial charge in [0, 0.05) is 71.5 Å². The molecule has 0 saturated carbocycles. The van der Waals surface area contributed by atoms with Crippen LogP contribution in [0.25, 0.3) is 0 Å². The van der Waals surface area contributed by atoms with Gasteiger partial charge in [-0.3, -0.25) is 4.99 Å². The third-order valence-electron chi connectivity index (χ3n) is 5.32. The molecule has 0 atom stereocenters. The molecule has 0 bridgehead atoms. The molecule has 8 heteroatoms. The first-order valence-corrected chi connectivity index (χ1v) is 10.0. The molecule has 2 aliphatic heterocycles. The first-order valence-electron chi connectivity index (χ1n) is 10.0. The van der Waals surface area contributed by atoms with E-state index in [1.165, 1.54) is 18.4 Å². The molecule has 2 fully saturated rings. The molecule has 2 saturated heterocycles. The zero-order valence-corrected chi connectivity index (χ0v) is 16.5. The second-order valence-electron chi connectivity index (χ2n) is 7.14. The Bertz CT molecular complexity index is 780. The monoisotopic (exact) mass is 380 g/mol. The number of aliphatic imine (C=N–C) groups is 1. The van der Waals surface area contributed by atoms with Crippen molar-refractivity contribution in [3.63, 3.8) is 0 Å². The average Bonchev–Trinajstić information content (AvgIpc) is 3.31. The van der Waals surface area contributed by atoms with Crippen LogP contribution in [0.4, 0.5) is 11.8 Å². The number of rotatable bonds is 4. The number of pyridine rings is 1. The Morgan fingerprint density at radius 2 is 1.71 bits per heavy atom. The zero-order chi connectivity index (χ0) is 19.2. The van der Waals surface area contributed by atoms with Crippen LogP contribution in [-0.2, 0) is 6.54 Å². The maximum Gasteiger partial charge on any atom is 0.225 e. The van der Waals surface area contributed by atoms with Gasteiger partial charge in [-0.05, 0) is 36.6 Å². The zero-order valence-electron chi connectivity index (χ0n) is 16.5. The standard InChI is InChI=1S/C20H28N8/c1-21-19(27-11-13-28(14-12-27)20-23-6-4-7-24-20)25-16-17-5-8-22-18(15-17)26-9-2-3-10-26/h4-8,15H,2-3,9-14,16H2,1H3,(H,21,25). The normalized spacial score (nSPS) is 17.9. The van der Waals surface area contributed by atoms with E-state index in [4.69, 9.17) is 0 Å². The summed E-state index contributed by atoms with van der Waals surface area (Å²) in [6.07, 6.45) is 8.01. The van der Waals surface area contributed by atoms with Crippen LogP contribution >= 0.6 is 0 Å².